The number of nitrogens with zero attached hydrogens (tertiary/aromatic N) is 1. The van der Waals surface area contributed by atoms with Crippen LogP contribution in [0.25, 0.3) is 27.6 Å². The number of fused-ring (bicyclic) bond motifs is 2. The molecule has 0 unspecified atom stereocenters. The first-order valence-electron chi connectivity index (χ1n) is 9.51. The van der Waals surface area contributed by atoms with Crippen LogP contribution in [0.1, 0.15) is 36.7 Å². The third-order valence-electron chi connectivity index (χ3n) is 5.72. The summed E-state index contributed by atoms with van der Waals surface area (Å²) in [5, 5.41) is 0. The normalized spacial score (nSPS) is 13.4. The van der Waals surface area contributed by atoms with E-state index in [0.29, 0.717) is 11.1 Å². The Bertz CT molecular complexity index is 1310. The average molecular weight is 397 g/mol. The molecular formula is C25H19NO2S. The molecule has 0 radical (unpaired) electrons. The second-order valence-corrected chi connectivity index (χ2v) is 8.67. The number of hydrogen-bond acceptors (Lipinski definition) is 3. The Morgan fingerprint density at radius 3 is 2.07 bits per heavy atom. The number of hydrogen-bond donors (Lipinski definition) is 0. The van der Waals surface area contributed by atoms with E-state index >= 15 is 0 Å². The van der Waals surface area contributed by atoms with Gasteiger partial charge in [0.25, 0.3) is 0 Å². The van der Waals surface area contributed by atoms with Gasteiger partial charge in [0.05, 0.1) is 15.8 Å². The van der Waals surface area contributed by atoms with Crippen molar-refractivity contribution in [3.63, 3.8) is 0 Å². The Labute approximate surface area is 172 Å². The molecule has 3 nitrogen and oxygen atoms in total. The maximum absolute atomic E-state index is 12.8. The summed E-state index contributed by atoms with van der Waals surface area (Å²) in [6.45, 7) is 3.93. The molecule has 1 aliphatic rings. The topological polar surface area (TPSA) is 39.1 Å². The molecule has 29 heavy (non-hydrogen) atoms. The van der Waals surface area contributed by atoms with E-state index in [2.05, 4.69) is 28.8 Å². The largest absolute Gasteiger partial charge is 0.343 e. The highest BCUT2D eigenvalue weighted by Crippen LogP contribution is 2.36. The predicted octanol–water partition coefficient (Wildman–Crippen LogP) is 5.99. The molecular weight excluding hydrogens is 378 g/mol. The summed E-state index contributed by atoms with van der Waals surface area (Å²) in [6.07, 6.45) is 1.75. The van der Waals surface area contributed by atoms with Gasteiger partial charge >= 0.3 is 0 Å². The van der Waals surface area contributed by atoms with Crippen LogP contribution in [0.15, 0.2) is 60.2 Å². The standard InChI is InChI=1S/C25H19NO2S/c1-14-9-18-19(10-15(14)2)25(28)20(24(18)27)11-17-12-22-23(29-17)13-21(26(22)3)16-7-5-4-6-8-16/h4-13H,1-3H3. The van der Waals surface area contributed by atoms with Gasteiger partial charge in [-0.25, -0.2) is 0 Å². The highest BCUT2D eigenvalue weighted by molar-refractivity contribution is 7.19. The fraction of sp³-hybridized carbons (Fsp3) is 0.120. The molecule has 142 valence electrons. The summed E-state index contributed by atoms with van der Waals surface area (Å²) in [6, 6.07) is 18.2. The maximum Gasteiger partial charge on any atom is 0.197 e. The Hall–Kier alpha value is -3.24. The zero-order valence-electron chi connectivity index (χ0n) is 16.4. The first kappa shape index (κ1) is 17.8. The Kier molecular flexibility index (Phi) is 3.93. The molecule has 0 fully saturated rings. The molecule has 4 heteroatoms. The molecule has 2 aromatic heterocycles. The Morgan fingerprint density at radius 2 is 1.48 bits per heavy atom. The first-order valence-corrected chi connectivity index (χ1v) is 10.3. The highest BCUT2D eigenvalue weighted by Gasteiger charge is 2.33. The fourth-order valence-corrected chi connectivity index (χ4v) is 5.02. The fourth-order valence-electron chi connectivity index (χ4n) is 3.95. The number of thiophene rings is 1. The van der Waals surface area contributed by atoms with Crippen molar-refractivity contribution in [2.45, 2.75) is 13.8 Å². The van der Waals surface area contributed by atoms with Crippen molar-refractivity contribution in [2.75, 3.05) is 0 Å². The van der Waals surface area contributed by atoms with E-state index in [0.717, 1.165) is 31.9 Å². The van der Waals surface area contributed by atoms with Gasteiger partial charge in [0.15, 0.2) is 11.6 Å². The van der Waals surface area contributed by atoms with E-state index in [1.807, 2.05) is 51.2 Å². The van der Waals surface area contributed by atoms with Crippen molar-refractivity contribution in [3.05, 3.63) is 87.3 Å². The lowest BCUT2D eigenvalue weighted by Gasteiger charge is -2.03. The van der Waals surface area contributed by atoms with Gasteiger partial charge in [-0.05, 0) is 60.9 Å². The zero-order valence-corrected chi connectivity index (χ0v) is 17.3. The van der Waals surface area contributed by atoms with Crippen LogP contribution in [0.2, 0.25) is 0 Å². The van der Waals surface area contributed by atoms with Gasteiger partial charge in [-0.2, -0.15) is 0 Å². The SMILES string of the molecule is Cc1cc2c(cc1C)C(=O)C(=Cc1cc3c(cc(-c4ccccc4)n3C)s1)C2=O. The minimum Gasteiger partial charge on any atom is -0.343 e. The Morgan fingerprint density at radius 1 is 0.862 bits per heavy atom. The van der Waals surface area contributed by atoms with E-state index in [4.69, 9.17) is 0 Å². The molecule has 0 spiro atoms. The quantitative estimate of drug-likeness (QED) is 0.308. The number of ketones is 2. The van der Waals surface area contributed by atoms with Gasteiger partial charge in [0.1, 0.15) is 0 Å². The van der Waals surface area contributed by atoms with E-state index in [9.17, 15) is 9.59 Å². The molecule has 0 aliphatic heterocycles. The number of aromatic nitrogens is 1. The van der Waals surface area contributed by atoms with Gasteiger partial charge in [-0.3, -0.25) is 9.59 Å². The van der Waals surface area contributed by atoms with Crippen LogP contribution in [-0.2, 0) is 7.05 Å². The van der Waals surface area contributed by atoms with E-state index in [-0.39, 0.29) is 17.1 Å². The van der Waals surface area contributed by atoms with Gasteiger partial charge < -0.3 is 4.57 Å². The number of carbonyl (C=O) groups is 2. The second kappa shape index (κ2) is 6.39. The summed E-state index contributed by atoms with van der Waals surface area (Å²) in [5.74, 6) is -0.342. The lowest BCUT2D eigenvalue weighted by Crippen LogP contribution is -1.99. The molecule has 0 saturated carbocycles. The van der Waals surface area contributed by atoms with Gasteiger partial charge in [0.2, 0.25) is 0 Å². The lowest BCUT2D eigenvalue weighted by atomic mass is 10.0. The number of aryl methyl sites for hydroxylation is 3. The predicted molar refractivity (Wildman–Crippen MR) is 119 cm³/mol. The van der Waals surface area contributed by atoms with Crippen molar-refractivity contribution < 1.29 is 9.59 Å². The van der Waals surface area contributed by atoms with Crippen molar-refractivity contribution >= 4 is 39.2 Å². The molecule has 0 saturated heterocycles. The van der Waals surface area contributed by atoms with Crippen LogP contribution in [0.3, 0.4) is 0 Å². The van der Waals surface area contributed by atoms with Crippen LogP contribution < -0.4 is 0 Å². The molecule has 2 heterocycles. The third-order valence-corrected chi connectivity index (χ3v) is 6.74. The molecule has 2 aromatic carbocycles. The molecule has 0 bridgehead atoms. The number of benzene rings is 2. The van der Waals surface area contributed by atoms with Gasteiger partial charge in [0, 0.05) is 28.7 Å². The van der Waals surface area contributed by atoms with Crippen LogP contribution >= 0.6 is 11.3 Å². The van der Waals surface area contributed by atoms with Crippen molar-refractivity contribution in [1.29, 1.82) is 0 Å². The summed E-state index contributed by atoms with van der Waals surface area (Å²) in [7, 11) is 2.04. The van der Waals surface area contributed by atoms with Crippen LogP contribution in [0, 0.1) is 13.8 Å². The molecule has 5 rings (SSSR count). The lowest BCUT2D eigenvalue weighted by molar-refractivity contribution is 0.0990. The summed E-state index contributed by atoms with van der Waals surface area (Å²) < 4.78 is 3.29. The van der Waals surface area contributed by atoms with Crippen LogP contribution in [0.5, 0.6) is 0 Å². The molecule has 0 atom stereocenters. The van der Waals surface area contributed by atoms with E-state index in [1.54, 1.807) is 17.4 Å². The monoisotopic (exact) mass is 397 g/mol. The summed E-state index contributed by atoms with van der Waals surface area (Å²) in [5.41, 5.74) is 6.79. The molecule has 4 aromatic rings. The number of Topliss-reactive ketones (excluding diaryl/α,β-unsaturated/α-hetero) is 2. The molecule has 0 N–H and O–H groups in total. The third kappa shape index (κ3) is 2.71. The van der Waals surface area contributed by atoms with Gasteiger partial charge in [-0.15, -0.1) is 11.3 Å². The first-order chi connectivity index (χ1) is 13.9. The minimum absolute atomic E-state index is 0.171. The van der Waals surface area contributed by atoms with Gasteiger partial charge in [-0.1, -0.05) is 30.3 Å². The highest BCUT2D eigenvalue weighted by atomic mass is 32.1. The van der Waals surface area contributed by atoms with Crippen molar-refractivity contribution in [3.8, 4) is 11.3 Å². The number of carbonyl (C=O) groups excluding carboxylic acids is 2. The van der Waals surface area contributed by atoms with Crippen LogP contribution in [0.4, 0.5) is 0 Å². The average Bonchev–Trinajstić information content (AvgIpc) is 3.32. The Balaban J connectivity index is 1.56. The van der Waals surface area contributed by atoms with E-state index < -0.39 is 0 Å². The van der Waals surface area contributed by atoms with Crippen molar-refractivity contribution in [1.82, 2.24) is 4.57 Å². The van der Waals surface area contributed by atoms with E-state index in [1.165, 1.54) is 5.56 Å². The summed E-state index contributed by atoms with van der Waals surface area (Å²) >= 11 is 1.60. The molecule has 1 aliphatic carbocycles. The maximum atomic E-state index is 12.8. The summed E-state index contributed by atoms with van der Waals surface area (Å²) in [4.78, 5) is 26.6. The zero-order chi connectivity index (χ0) is 20.3. The number of rotatable bonds is 2. The smallest absolute Gasteiger partial charge is 0.197 e. The van der Waals surface area contributed by atoms with Crippen molar-refractivity contribution in [2.24, 2.45) is 7.05 Å². The van der Waals surface area contributed by atoms with Crippen LogP contribution in [-0.4, -0.2) is 16.1 Å². The number of allylic oxidation sites excluding steroid dienone is 1. The molecule has 0 amide bonds. The second-order valence-electron chi connectivity index (χ2n) is 7.55. The minimum atomic E-state index is -0.171.